The van der Waals surface area contributed by atoms with Gasteiger partial charge in [0.1, 0.15) is 11.6 Å². The maximum Gasteiger partial charge on any atom is 0.223 e. The average Bonchev–Trinajstić information content (AvgIpc) is 2.26. The Morgan fingerprint density at radius 2 is 2.24 bits per heavy atom. The quantitative estimate of drug-likeness (QED) is 0.827. The summed E-state index contributed by atoms with van der Waals surface area (Å²) in [5, 5.41) is 2.79. The summed E-state index contributed by atoms with van der Waals surface area (Å²) in [5.74, 6) is 0.492. The van der Waals surface area contributed by atoms with Gasteiger partial charge in [0.15, 0.2) is 0 Å². The van der Waals surface area contributed by atoms with E-state index in [-0.39, 0.29) is 24.8 Å². The van der Waals surface area contributed by atoms with Gasteiger partial charge in [-0.1, -0.05) is 19.9 Å². The molecule has 0 aromatic heterocycles. The number of rotatable bonds is 6. The number of amides is 1. The standard InChI is InChI=1S/C13H18FNO2/c1-10(2)9-15-13(16)6-7-17-12-5-3-4-11(14)8-12/h3-5,8,10H,6-7,9H2,1-2H3,(H,15,16). The summed E-state index contributed by atoms with van der Waals surface area (Å²) in [6.45, 7) is 4.99. The third-order valence-corrected chi connectivity index (χ3v) is 2.10. The fraction of sp³-hybridized carbons (Fsp3) is 0.462. The van der Waals surface area contributed by atoms with Crippen molar-refractivity contribution in [1.82, 2.24) is 5.32 Å². The predicted molar refractivity (Wildman–Crippen MR) is 64.4 cm³/mol. The first kappa shape index (κ1) is 13.5. The minimum absolute atomic E-state index is 0.0462. The summed E-state index contributed by atoms with van der Waals surface area (Å²) in [6, 6.07) is 5.88. The van der Waals surface area contributed by atoms with Gasteiger partial charge in [0, 0.05) is 12.6 Å². The van der Waals surface area contributed by atoms with Gasteiger partial charge in [0.05, 0.1) is 13.0 Å². The maximum absolute atomic E-state index is 12.8. The van der Waals surface area contributed by atoms with Crippen LogP contribution >= 0.6 is 0 Å². The van der Waals surface area contributed by atoms with Crippen LogP contribution < -0.4 is 10.1 Å². The third kappa shape index (κ3) is 5.90. The third-order valence-electron chi connectivity index (χ3n) is 2.10. The lowest BCUT2D eigenvalue weighted by Crippen LogP contribution is -2.28. The molecular formula is C13H18FNO2. The number of hydrogen-bond donors (Lipinski definition) is 1. The van der Waals surface area contributed by atoms with Crippen molar-refractivity contribution in [3.8, 4) is 5.75 Å². The van der Waals surface area contributed by atoms with Gasteiger partial charge < -0.3 is 10.1 Å². The average molecular weight is 239 g/mol. The van der Waals surface area contributed by atoms with E-state index in [9.17, 15) is 9.18 Å². The van der Waals surface area contributed by atoms with Gasteiger partial charge >= 0.3 is 0 Å². The largest absolute Gasteiger partial charge is 0.493 e. The van der Waals surface area contributed by atoms with Gasteiger partial charge in [0.2, 0.25) is 5.91 Å². The van der Waals surface area contributed by atoms with Crippen LogP contribution in [0.25, 0.3) is 0 Å². The van der Waals surface area contributed by atoms with E-state index >= 15 is 0 Å². The molecule has 0 aliphatic heterocycles. The Balaban J connectivity index is 2.21. The second kappa shape index (κ2) is 6.89. The molecule has 17 heavy (non-hydrogen) atoms. The molecular weight excluding hydrogens is 221 g/mol. The van der Waals surface area contributed by atoms with E-state index in [2.05, 4.69) is 5.32 Å². The lowest BCUT2D eigenvalue weighted by Gasteiger charge is -2.08. The van der Waals surface area contributed by atoms with Crippen molar-refractivity contribution in [1.29, 1.82) is 0 Å². The smallest absolute Gasteiger partial charge is 0.223 e. The van der Waals surface area contributed by atoms with Crippen LogP contribution in [0.2, 0.25) is 0 Å². The van der Waals surface area contributed by atoms with Crippen molar-refractivity contribution >= 4 is 5.91 Å². The highest BCUT2D eigenvalue weighted by atomic mass is 19.1. The fourth-order valence-electron chi connectivity index (χ4n) is 1.22. The van der Waals surface area contributed by atoms with Crippen molar-refractivity contribution in [2.24, 2.45) is 5.92 Å². The Hall–Kier alpha value is -1.58. The first-order valence-electron chi connectivity index (χ1n) is 5.73. The molecule has 0 bridgehead atoms. The van der Waals surface area contributed by atoms with Crippen molar-refractivity contribution in [3.05, 3.63) is 30.1 Å². The van der Waals surface area contributed by atoms with Crippen molar-refractivity contribution in [2.45, 2.75) is 20.3 Å². The molecule has 0 saturated carbocycles. The second-order valence-corrected chi connectivity index (χ2v) is 4.25. The highest BCUT2D eigenvalue weighted by molar-refractivity contribution is 5.75. The normalized spacial score (nSPS) is 10.4. The van der Waals surface area contributed by atoms with Crippen LogP contribution in [0.4, 0.5) is 4.39 Å². The second-order valence-electron chi connectivity index (χ2n) is 4.25. The van der Waals surface area contributed by atoms with E-state index in [0.717, 1.165) is 0 Å². The summed E-state index contributed by atoms with van der Waals surface area (Å²) in [6.07, 6.45) is 0.281. The van der Waals surface area contributed by atoms with Crippen molar-refractivity contribution in [2.75, 3.05) is 13.2 Å². The zero-order valence-electron chi connectivity index (χ0n) is 10.2. The summed E-state index contributed by atoms with van der Waals surface area (Å²) in [5.41, 5.74) is 0. The van der Waals surface area contributed by atoms with Gasteiger partial charge in [-0.05, 0) is 18.1 Å². The van der Waals surface area contributed by atoms with Crippen molar-refractivity contribution < 1.29 is 13.9 Å². The lowest BCUT2D eigenvalue weighted by molar-refractivity contribution is -0.121. The number of carbonyl (C=O) groups excluding carboxylic acids is 1. The van der Waals surface area contributed by atoms with Crippen LogP contribution in [-0.2, 0) is 4.79 Å². The molecule has 0 fully saturated rings. The molecule has 3 nitrogen and oxygen atoms in total. The molecule has 1 aromatic carbocycles. The van der Waals surface area contributed by atoms with Gasteiger partial charge in [-0.2, -0.15) is 0 Å². The van der Waals surface area contributed by atoms with Crippen LogP contribution in [0.5, 0.6) is 5.75 Å². The highest BCUT2D eigenvalue weighted by Gasteiger charge is 2.03. The summed E-state index contributed by atoms with van der Waals surface area (Å²) in [7, 11) is 0. The number of halogens is 1. The van der Waals surface area contributed by atoms with Crippen LogP contribution in [0, 0.1) is 11.7 Å². The van der Waals surface area contributed by atoms with E-state index in [1.54, 1.807) is 12.1 Å². The molecule has 0 spiro atoms. The predicted octanol–water partition coefficient (Wildman–Crippen LogP) is 2.37. The molecule has 0 saturated heterocycles. The Labute approximate surface area is 101 Å². The molecule has 1 amide bonds. The molecule has 1 N–H and O–H groups in total. The van der Waals surface area contributed by atoms with Crippen molar-refractivity contribution in [3.63, 3.8) is 0 Å². The van der Waals surface area contributed by atoms with Gasteiger partial charge in [0.25, 0.3) is 0 Å². The van der Waals surface area contributed by atoms with Gasteiger partial charge in [-0.3, -0.25) is 4.79 Å². The maximum atomic E-state index is 12.8. The van der Waals surface area contributed by atoms with E-state index in [1.807, 2.05) is 13.8 Å². The summed E-state index contributed by atoms with van der Waals surface area (Å²) >= 11 is 0. The number of benzene rings is 1. The van der Waals surface area contributed by atoms with Gasteiger partial charge in [-0.15, -0.1) is 0 Å². The molecule has 94 valence electrons. The highest BCUT2D eigenvalue weighted by Crippen LogP contribution is 2.11. The Morgan fingerprint density at radius 3 is 2.88 bits per heavy atom. The molecule has 1 aromatic rings. The van der Waals surface area contributed by atoms with E-state index in [0.29, 0.717) is 18.2 Å². The van der Waals surface area contributed by atoms with E-state index in [1.165, 1.54) is 12.1 Å². The first-order chi connectivity index (χ1) is 8.08. The molecule has 0 atom stereocenters. The minimum Gasteiger partial charge on any atom is -0.493 e. The molecule has 0 heterocycles. The number of carbonyl (C=O) groups is 1. The fourth-order valence-corrected chi connectivity index (χ4v) is 1.22. The Morgan fingerprint density at radius 1 is 1.47 bits per heavy atom. The molecule has 0 radical (unpaired) electrons. The summed E-state index contributed by atoms with van der Waals surface area (Å²) < 4.78 is 18.1. The Kier molecular flexibility index (Phi) is 5.46. The number of hydrogen-bond acceptors (Lipinski definition) is 2. The van der Waals surface area contributed by atoms with E-state index in [4.69, 9.17) is 4.74 Å². The monoisotopic (exact) mass is 239 g/mol. The first-order valence-corrected chi connectivity index (χ1v) is 5.73. The Bertz CT molecular complexity index is 366. The lowest BCUT2D eigenvalue weighted by atomic mass is 10.2. The molecule has 0 unspecified atom stereocenters. The zero-order chi connectivity index (χ0) is 12.7. The molecule has 0 aliphatic carbocycles. The topological polar surface area (TPSA) is 38.3 Å². The molecule has 4 heteroatoms. The van der Waals surface area contributed by atoms with Crippen LogP contribution in [0.3, 0.4) is 0 Å². The number of nitrogens with one attached hydrogen (secondary N) is 1. The van der Waals surface area contributed by atoms with Crippen LogP contribution in [0.15, 0.2) is 24.3 Å². The zero-order valence-corrected chi connectivity index (χ0v) is 10.2. The van der Waals surface area contributed by atoms with Crippen LogP contribution in [-0.4, -0.2) is 19.1 Å². The molecule has 1 rings (SSSR count). The van der Waals surface area contributed by atoms with E-state index < -0.39 is 0 Å². The minimum atomic E-state index is -0.341. The summed E-state index contributed by atoms with van der Waals surface area (Å²) in [4.78, 5) is 11.3. The van der Waals surface area contributed by atoms with Crippen LogP contribution in [0.1, 0.15) is 20.3 Å². The van der Waals surface area contributed by atoms with Gasteiger partial charge in [-0.25, -0.2) is 4.39 Å². The molecule has 0 aliphatic rings. The number of ether oxygens (including phenoxy) is 1. The SMILES string of the molecule is CC(C)CNC(=O)CCOc1cccc(F)c1.